The summed E-state index contributed by atoms with van der Waals surface area (Å²) in [5.41, 5.74) is 1.98. The second-order valence-electron chi connectivity index (χ2n) is 6.08. The summed E-state index contributed by atoms with van der Waals surface area (Å²) in [5.74, 6) is -0.166. The second kappa shape index (κ2) is 7.44. The maximum absolute atomic E-state index is 12.4. The van der Waals surface area contributed by atoms with Crippen LogP contribution in [0.5, 0.6) is 0 Å². The maximum Gasteiger partial charge on any atom is 0.245 e. The molecule has 130 valence electrons. The van der Waals surface area contributed by atoms with Crippen LogP contribution >= 0.6 is 34.8 Å². The third-order valence-corrected chi connectivity index (χ3v) is 3.90. The van der Waals surface area contributed by atoms with E-state index in [2.05, 4.69) is 15.7 Å². The zero-order valence-electron chi connectivity index (χ0n) is 13.5. The summed E-state index contributed by atoms with van der Waals surface area (Å²) in [6, 6.07) is 6.10. The molecule has 0 amide bonds. The Morgan fingerprint density at radius 3 is 2.32 bits per heavy atom. The highest BCUT2D eigenvalue weighted by molar-refractivity contribution is 6.51. The number of Topliss-reactive ketones (excluding diaryl/α,β-unsaturated/α-hetero) is 1. The number of benzene rings is 1. The summed E-state index contributed by atoms with van der Waals surface area (Å²) in [5, 5.41) is 17.4. The lowest BCUT2D eigenvalue weighted by Gasteiger charge is -2.12. The van der Waals surface area contributed by atoms with E-state index in [1.807, 2.05) is 20.8 Å². The summed E-state index contributed by atoms with van der Waals surface area (Å²) in [6.45, 7) is 5.73. The zero-order valence-corrected chi connectivity index (χ0v) is 15.8. The van der Waals surface area contributed by atoms with Crippen molar-refractivity contribution in [1.82, 2.24) is 5.16 Å². The molecule has 1 heterocycles. The second-order valence-corrected chi connectivity index (χ2v) is 7.33. The Balaban J connectivity index is 2.28. The number of hydrazone groups is 1. The minimum atomic E-state index is -0.685. The van der Waals surface area contributed by atoms with E-state index in [0.29, 0.717) is 10.8 Å². The van der Waals surface area contributed by atoms with Crippen molar-refractivity contribution in [3.8, 4) is 6.07 Å². The Hall–Kier alpha value is -2.07. The van der Waals surface area contributed by atoms with Gasteiger partial charge in [0.05, 0.1) is 15.7 Å². The van der Waals surface area contributed by atoms with Gasteiger partial charge in [0.1, 0.15) is 11.8 Å². The highest BCUT2D eigenvalue weighted by atomic mass is 35.5. The number of carbonyl (C=O) groups is 1. The van der Waals surface area contributed by atoms with Crippen LogP contribution in [-0.2, 0) is 5.41 Å². The summed E-state index contributed by atoms with van der Waals surface area (Å²) >= 11 is 17.9. The van der Waals surface area contributed by atoms with Crippen molar-refractivity contribution in [2.45, 2.75) is 26.2 Å². The molecule has 1 aromatic heterocycles. The number of nitriles is 1. The largest absolute Gasteiger partial charge is 0.360 e. The molecule has 1 N–H and O–H groups in total. The highest BCUT2D eigenvalue weighted by Crippen LogP contribution is 2.33. The zero-order chi connectivity index (χ0) is 18.8. The number of carbonyl (C=O) groups excluding carboxylic acids is 1. The predicted octanol–water partition coefficient (Wildman–Crippen LogP) is 5.11. The van der Waals surface area contributed by atoms with Crippen LogP contribution in [0.4, 0.5) is 5.69 Å². The first kappa shape index (κ1) is 19.3. The molecule has 0 bridgehead atoms. The van der Waals surface area contributed by atoms with Crippen molar-refractivity contribution >= 4 is 52.0 Å². The fourth-order valence-corrected chi connectivity index (χ4v) is 2.65. The Morgan fingerprint density at radius 2 is 1.84 bits per heavy atom. The molecule has 2 rings (SSSR count). The lowest BCUT2D eigenvalue weighted by Crippen LogP contribution is -2.15. The summed E-state index contributed by atoms with van der Waals surface area (Å²) in [4.78, 5) is 12.4. The van der Waals surface area contributed by atoms with Gasteiger partial charge in [0.15, 0.2) is 5.69 Å². The number of nitrogens with zero attached hydrogens (tertiary/aromatic N) is 3. The molecule has 0 saturated heterocycles. The van der Waals surface area contributed by atoms with Crippen molar-refractivity contribution in [2.75, 3.05) is 5.43 Å². The van der Waals surface area contributed by atoms with Gasteiger partial charge in [-0.2, -0.15) is 10.4 Å². The molecule has 0 unspecified atom stereocenters. The first-order chi connectivity index (χ1) is 11.6. The minimum absolute atomic E-state index is 0.0136. The lowest BCUT2D eigenvalue weighted by atomic mass is 9.93. The van der Waals surface area contributed by atoms with Crippen LogP contribution in [0.25, 0.3) is 0 Å². The van der Waals surface area contributed by atoms with Crippen LogP contribution in [-0.4, -0.2) is 16.7 Å². The minimum Gasteiger partial charge on any atom is -0.360 e. The van der Waals surface area contributed by atoms with Crippen molar-refractivity contribution in [3.63, 3.8) is 0 Å². The fraction of sp³-hybridized carbons (Fsp3) is 0.250. The molecule has 0 fully saturated rings. The smallest absolute Gasteiger partial charge is 0.245 e. The number of hydrogen-bond acceptors (Lipinski definition) is 6. The molecule has 0 spiro atoms. The van der Waals surface area contributed by atoms with Crippen LogP contribution in [0.3, 0.4) is 0 Å². The number of anilines is 1. The Bertz CT molecular complexity index is 869. The summed E-state index contributed by atoms with van der Waals surface area (Å²) < 4.78 is 5.15. The Labute approximate surface area is 159 Å². The number of halogens is 3. The van der Waals surface area contributed by atoms with Gasteiger partial charge in [-0.25, -0.2) is 0 Å². The average molecular weight is 400 g/mol. The molecule has 1 aromatic carbocycles. The van der Waals surface area contributed by atoms with Gasteiger partial charge in [0.25, 0.3) is 0 Å². The molecule has 2 aromatic rings. The van der Waals surface area contributed by atoms with Crippen LogP contribution in [0.1, 0.15) is 37.0 Å². The van der Waals surface area contributed by atoms with Gasteiger partial charge >= 0.3 is 0 Å². The molecular weight excluding hydrogens is 387 g/mol. The van der Waals surface area contributed by atoms with Crippen molar-refractivity contribution < 1.29 is 9.32 Å². The van der Waals surface area contributed by atoms with Crippen molar-refractivity contribution in [1.29, 1.82) is 5.26 Å². The molecule has 0 aliphatic carbocycles. The summed E-state index contributed by atoms with van der Waals surface area (Å²) in [7, 11) is 0. The molecule has 6 nitrogen and oxygen atoms in total. The van der Waals surface area contributed by atoms with E-state index in [9.17, 15) is 10.1 Å². The van der Waals surface area contributed by atoms with Crippen LogP contribution in [0, 0.1) is 11.3 Å². The molecule has 0 atom stereocenters. The van der Waals surface area contributed by atoms with Crippen molar-refractivity contribution in [3.05, 3.63) is 44.7 Å². The molecule has 9 heteroatoms. The third kappa shape index (κ3) is 4.51. The monoisotopic (exact) mass is 398 g/mol. The number of hydrogen-bond donors (Lipinski definition) is 1. The van der Waals surface area contributed by atoms with Crippen LogP contribution in [0.2, 0.25) is 15.1 Å². The van der Waals surface area contributed by atoms with Crippen LogP contribution in [0.15, 0.2) is 27.8 Å². The van der Waals surface area contributed by atoms with Gasteiger partial charge in [-0.3, -0.25) is 10.2 Å². The van der Waals surface area contributed by atoms with E-state index >= 15 is 0 Å². The first-order valence-corrected chi connectivity index (χ1v) is 8.17. The fourth-order valence-electron chi connectivity index (χ4n) is 1.74. The topological polar surface area (TPSA) is 91.3 Å². The standard InChI is InChI=1S/C16H13Cl3N4O2/c1-16(2,3)13-6-11(23-25-13)15(24)12(7-20)21-22-14-9(18)4-8(17)5-10(14)19/h4-6,22H,1-3H3/b21-12+. The highest BCUT2D eigenvalue weighted by Gasteiger charge is 2.24. The lowest BCUT2D eigenvalue weighted by molar-refractivity contribution is 0.105. The number of ketones is 1. The Kier molecular flexibility index (Phi) is 5.73. The number of rotatable bonds is 4. The van der Waals surface area contributed by atoms with E-state index in [1.54, 1.807) is 6.07 Å². The van der Waals surface area contributed by atoms with E-state index in [4.69, 9.17) is 39.3 Å². The van der Waals surface area contributed by atoms with Gasteiger partial charge < -0.3 is 4.52 Å². The molecule has 0 saturated carbocycles. The third-order valence-electron chi connectivity index (χ3n) is 3.09. The average Bonchev–Trinajstić information content (AvgIpc) is 2.99. The first-order valence-electron chi connectivity index (χ1n) is 7.03. The van der Waals surface area contributed by atoms with Gasteiger partial charge in [-0.05, 0) is 12.1 Å². The summed E-state index contributed by atoms with van der Waals surface area (Å²) in [6.07, 6.45) is 0. The Morgan fingerprint density at radius 1 is 1.24 bits per heavy atom. The van der Waals surface area contributed by atoms with Crippen LogP contribution < -0.4 is 5.43 Å². The molecule has 0 aliphatic heterocycles. The van der Waals surface area contributed by atoms with E-state index in [-0.39, 0.29) is 26.8 Å². The maximum atomic E-state index is 12.4. The van der Waals surface area contributed by atoms with Crippen molar-refractivity contribution in [2.24, 2.45) is 5.10 Å². The predicted molar refractivity (Wildman–Crippen MR) is 97.7 cm³/mol. The molecular formula is C16H13Cl3N4O2. The van der Waals surface area contributed by atoms with E-state index < -0.39 is 11.5 Å². The number of nitrogens with one attached hydrogen (secondary N) is 1. The normalized spacial score (nSPS) is 12.0. The number of aromatic nitrogens is 1. The van der Waals surface area contributed by atoms with E-state index in [1.165, 1.54) is 18.2 Å². The molecule has 0 radical (unpaired) electrons. The quantitative estimate of drug-likeness (QED) is 0.438. The van der Waals surface area contributed by atoms with E-state index in [0.717, 1.165) is 0 Å². The van der Waals surface area contributed by atoms with Gasteiger partial charge in [0.2, 0.25) is 11.5 Å². The van der Waals surface area contributed by atoms with Gasteiger partial charge in [-0.15, -0.1) is 0 Å². The SMILES string of the molecule is CC(C)(C)c1cc(C(=O)/C(C#N)=N/Nc2c(Cl)cc(Cl)cc2Cl)no1. The van der Waals surface area contributed by atoms with Gasteiger partial charge in [-0.1, -0.05) is 60.7 Å². The van der Waals surface area contributed by atoms with Gasteiger partial charge in [0, 0.05) is 16.5 Å². The molecule has 0 aliphatic rings. The molecule has 25 heavy (non-hydrogen) atoms.